The summed E-state index contributed by atoms with van der Waals surface area (Å²) in [5, 5.41) is 10.5. The fourth-order valence-electron chi connectivity index (χ4n) is 2.26. The molecule has 0 aliphatic carbocycles. The number of nitrogens with one attached hydrogen (secondary N) is 1. The van der Waals surface area contributed by atoms with E-state index in [1.165, 1.54) is 12.1 Å². The summed E-state index contributed by atoms with van der Waals surface area (Å²) < 4.78 is 13.2. The molecule has 0 radical (unpaired) electrons. The number of aromatic nitrogens is 4. The Bertz CT molecular complexity index is 928. The standard InChI is InChI=1S/C16H12ClFN6O/c1-8-6-10(7-12(17)20-8)14-13(9-2-4-11(18)5-3-9)21-16(24-23-14)22-15(19)25/h2-7H,1H3,(H3,19,21,22,24,25). The topological polar surface area (TPSA) is 107 Å². The third-order valence-electron chi connectivity index (χ3n) is 3.23. The molecule has 2 heterocycles. The van der Waals surface area contributed by atoms with E-state index in [-0.39, 0.29) is 11.8 Å². The summed E-state index contributed by atoms with van der Waals surface area (Å²) in [7, 11) is 0. The van der Waals surface area contributed by atoms with E-state index in [0.717, 1.165) is 0 Å². The fourth-order valence-corrected chi connectivity index (χ4v) is 2.51. The van der Waals surface area contributed by atoms with Gasteiger partial charge in [0.15, 0.2) is 0 Å². The van der Waals surface area contributed by atoms with Crippen LogP contribution in [0.2, 0.25) is 5.15 Å². The first-order valence-electron chi connectivity index (χ1n) is 7.14. The number of aryl methyl sites for hydroxylation is 1. The Hall–Kier alpha value is -3.13. The summed E-state index contributed by atoms with van der Waals surface area (Å²) >= 11 is 6.02. The number of anilines is 1. The maximum atomic E-state index is 13.2. The first-order valence-corrected chi connectivity index (χ1v) is 7.52. The van der Waals surface area contributed by atoms with Crippen LogP contribution >= 0.6 is 11.6 Å². The van der Waals surface area contributed by atoms with Crippen LogP contribution in [0.25, 0.3) is 22.5 Å². The van der Waals surface area contributed by atoms with Crippen molar-refractivity contribution in [1.29, 1.82) is 0 Å². The summed E-state index contributed by atoms with van der Waals surface area (Å²) in [5.74, 6) is -0.446. The number of urea groups is 1. The minimum atomic E-state index is -0.817. The Labute approximate surface area is 147 Å². The minimum Gasteiger partial charge on any atom is -0.351 e. The Morgan fingerprint density at radius 1 is 1.08 bits per heavy atom. The van der Waals surface area contributed by atoms with E-state index in [4.69, 9.17) is 17.3 Å². The van der Waals surface area contributed by atoms with Gasteiger partial charge in [0, 0.05) is 16.8 Å². The van der Waals surface area contributed by atoms with Gasteiger partial charge in [-0.1, -0.05) is 11.6 Å². The van der Waals surface area contributed by atoms with Crippen molar-refractivity contribution in [2.45, 2.75) is 6.92 Å². The van der Waals surface area contributed by atoms with Crippen LogP contribution in [0.4, 0.5) is 15.1 Å². The number of rotatable bonds is 3. The number of nitrogens with two attached hydrogens (primary N) is 1. The first-order chi connectivity index (χ1) is 11.9. The van der Waals surface area contributed by atoms with Crippen LogP contribution in [-0.2, 0) is 0 Å². The van der Waals surface area contributed by atoms with Gasteiger partial charge in [-0.3, -0.25) is 5.32 Å². The number of hydrogen-bond donors (Lipinski definition) is 2. The molecule has 2 aromatic heterocycles. The van der Waals surface area contributed by atoms with E-state index >= 15 is 0 Å². The van der Waals surface area contributed by atoms with Gasteiger partial charge in [0.05, 0.1) is 0 Å². The number of amides is 2. The SMILES string of the molecule is Cc1cc(-c2nnc(NC(N)=O)nc2-c2ccc(F)cc2)cc(Cl)n1. The third kappa shape index (κ3) is 3.86. The molecule has 0 aliphatic rings. The summed E-state index contributed by atoms with van der Waals surface area (Å²) in [4.78, 5) is 19.4. The molecule has 0 spiro atoms. The van der Waals surface area contributed by atoms with Crippen LogP contribution < -0.4 is 11.1 Å². The highest BCUT2D eigenvalue weighted by molar-refractivity contribution is 6.29. The molecular weight excluding hydrogens is 347 g/mol. The van der Waals surface area contributed by atoms with Crippen molar-refractivity contribution in [3.05, 3.63) is 53.1 Å². The zero-order chi connectivity index (χ0) is 18.0. The molecule has 0 saturated carbocycles. The summed E-state index contributed by atoms with van der Waals surface area (Å²) in [6.07, 6.45) is 0. The monoisotopic (exact) mass is 358 g/mol. The largest absolute Gasteiger partial charge is 0.351 e. The maximum Gasteiger partial charge on any atom is 0.319 e. The molecule has 2 amide bonds. The lowest BCUT2D eigenvalue weighted by Crippen LogP contribution is -2.21. The van der Waals surface area contributed by atoms with Gasteiger partial charge in [0.25, 0.3) is 5.95 Å². The van der Waals surface area contributed by atoms with Crippen LogP contribution in [0.15, 0.2) is 36.4 Å². The predicted octanol–water partition coefficient (Wildman–Crippen LogP) is 3.19. The molecule has 0 aliphatic heterocycles. The van der Waals surface area contributed by atoms with E-state index in [9.17, 15) is 9.18 Å². The van der Waals surface area contributed by atoms with Gasteiger partial charge in [-0.15, -0.1) is 10.2 Å². The molecule has 126 valence electrons. The van der Waals surface area contributed by atoms with Gasteiger partial charge in [-0.05, 0) is 43.3 Å². The maximum absolute atomic E-state index is 13.2. The van der Waals surface area contributed by atoms with Gasteiger partial charge in [-0.2, -0.15) is 0 Å². The number of benzene rings is 1. The molecule has 0 bridgehead atoms. The molecule has 0 saturated heterocycles. The zero-order valence-electron chi connectivity index (χ0n) is 13.0. The van der Waals surface area contributed by atoms with Gasteiger partial charge in [-0.25, -0.2) is 19.2 Å². The Balaban J connectivity index is 2.19. The second-order valence-electron chi connectivity index (χ2n) is 5.15. The van der Waals surface area contributed by atoms with Crippen LogP contribution in [0.3, 0.4) is 0 Å². The van der Waals surface area contributed by atoms with Gasteiger partial charge in [0.1, 0.15) is 22.4 Å². The highest BCUT2D eigenvalue weighted by Crippen LogP contribution is 2.30. The van der Waals surface area contributed by atoms with Crippen molar-refractivity contribution in [3.63, 3.8) is 0 Å². The molecule has 3 aromatic rings. The first kappa shape index (κ1) is 16.7. The Kier molecular flexibility index (Phi) is 4.53. The van der Waals surface area contributed by atoms with E-state index in [1.54, 1.807) is 31.2 Å². The summed E-state index contributed by atoms with van der Waals surface area (Å²) in [6, 6.07) is 8.27. The van der Waals surface area contributed by atoms with Gasteiger partial charge in [0.2, 0.25) is 0 Å². The normalized spacial score (nSPS) is 10.5. The van der Waals surface area contributed by atoms with Crippen LogP contribution in [0.5, 0.6) is 0 Å². The molecule has 3 rings (SSSR count). The number of primary amides is 1. The molecule has 25 heavy (non-hydrogen) atoms. The summed E-state index contributed by atoms with van der Waals surface area (Å²) in [5.41, 5.74) is 7.81. The molecule has 1 aromatic carbocycles. The lowest BCUT2D eigenvalue weighted by molar-refractivity contribution is 0.259. The van der Waals surface area contributed by atoms with E-state index < -0.39 is 6.03 Å². The van der Waals surface area contributed by atoms with E-state index in [1.807, 2.05) is 0 Å². The Morgan fingerprint density at radius 2 is 1.80 bits per heavy atom. The zero-order valence-corrected chi connectivity index (χ0v) is 13.8. The van der Waals surface area contributed by atoms with Gasteiger partial charge < -0.3 is 5.73 Å². The smallest absolute Gasteiger partial charge is 0.319 e. The molecule has 0 unspecified atom stereocenters. The van der Waals surface area contributed by atoms with Crippen LogP contribution in [0.1, 0.15) is 5.69 Å². The number of hydrogen-bond acceptors (Lipinski definition) is 5. The lowest BCUT2D eigenvalue weighted by Gasteiger charge is -2.10. The van der Waals surface area contributed by atoms with Crippen molar-refractivity contribution >= 4 is 23.6 Å². The van der Waals surface area contributed by atoms with Crippen LogP contribution in [-0.4, -0.2) is 26.2 Å². The third-order valence-corrected chi connectivity index (χ3v) is 3.43. The molecule has 3 N–H and O–H groups in total. The number of nitrogens with zero attached hydrogens (tertiary/aromatic N) is 4. The Morgan fingerprint density at radius 3 is 2.44 bits per heavy atom. The average molecular weight is 359 g/mol. The van der Waals surface area contributed by atoms with Crippen molar-refractivity contribution < 1.29 is 9.18 Å². The molecular formula is C16H12ClFN6O. The quantitative estimate of drug-likeness (QED) is 0.699. The van der Waals surface area contributed by atoms with Crippen molar-refractivity contribution in [3.8, 4) is 22.5 Å². The summed E-state index contributed by atoms with van der Waals surface area (Å²) in [6.45, 7) is 1.79. The number of pyridine rings is 1. The molecule has 9 heteroatoms. The number of halogens is 2. The number of carbonyl (C=O) groups excluding carboxylic acids is 1. The van der Waals surface area contributed by atoms with Crippen LogP contribution in [0, 0.1) is 12.7 Å². The second-order valence-corrected chi connectivity index (χ2v) is 5.54. The highest BCUT2D eigenvalue weighted by Gasteiger charge is 2.15. The average Bonchev–Trinajstić information content (AvgIpc) is 2.54. The molecule has 0 atom stereocenters. The molecule has 7 nitrogen and oxygen atoms in total. The molecule has 0 fully saturated rings. The second kappa shape index (κ2) is 6.78. The van der Waals surface area contributed by atoms with E-state index in [2.05, 4.69) is 25.5 Å². The fraction of sp³-hybridized carbons (Fsp3) is 0.0625. The number of carbonyl (C=O) groups is 1. The lowest BCUT2D eigenvalue weighted by atomic mass is 10.0. The van der Waals surface area contributed by atoms with Crippen molar-refractivity contribution in [2.24, 2.45) is 5.73 Å². The predicted molar refractivity (Wildman–Crippen MR) is 91.4 cm³/mol. The van der Waals surface area contributed by atoms with E-state index in [0.29, 0.717) is 33.4 Å². The van der Waals surface area contributed by atoms with Gasteiger partial charge >= 0.3 is 6.03 Å². The van der Waals surface area contributed by atoms with Crippen molar-refractivity contribution in [2.75, 3.05) is 5.32 Å². The van der Waals surface area contributed by atoms with Crippen molar-refractivity contribution in [1.82, 2.24) is 20.2 Å². The highest BCUT2D eigenvalue weighted by atomic mass is 35.5. The minimum absolute atomic E-state index is 0.0625.